The minimum absolute atomic E-state index is 0.00194. The van der Waals surface area contributed by atoms with E-state index < -0.39 is 12.1 Å². The van der Waals surface area contributed by atoms with Crippen LogP contribution >= 0.6 is 0 Å². The third-order valence-corrected chi connectivity index (χ3v) is 9.63. The molecule has 0 unspecified atom stereocenters. The quantitative estimate of drug-likeness (QED) is 0.00930. The SMILES string of the molecule is C=C[C@@H](CCC(=O)O)OCOC.C=C[C@@H](CCCC)OCOC.C=C[C@@H](CCCO)OCOC.C=C[C@H](O)CCCC.CCCCC=O.CCCCCO.CCCC[C@@H](O)CO.CCCC[C@@H]1CO1.OCCCCO. The van der Waals surface area contributed by atoms with Crippen LogP contribution in [0.5, 0.6) is 0 Å². The van der Waals surface area contributed by atoms with Gasteiger partial charge in [0.25, 0.3) is 0 Å². The van der Waals surface area contributed by atoms with Crippen molar-refractivity contribution in [3.05, 3.63) is 50.6 Å². The molecule has 0 saturated carbocycles. The normalized spacial score (nSPS) is 13.4. The van der Waals surface area contributed by atoms with Gasteiger partial charge in [-0.25, -0.2) is 0 Å². The van der Waals surface area contributed by atoms with Crippen molar-refractivity contribution in [1.29, 1.82) is 0 Å². The maximum Gasteiger partial charge on any atom is 0.303 e. The number of carboxylic acids is 1. The Labute approximate surface area is 458 Å². The lowest BCUT2D eigenvalue weighted by Crippen LogP contribution is -2.13. The summed E-state index contributed by atoms with van der Waals surface area (Å²) < 4.78 is 34.8. The van der Waals surface area contributed by atoms with Crippen LogP contribution in [0.25, 0.3) is 0 Å². The molecule has 0 radical (unpaired) electrons. The molecule has 17 nitrogen and oxygen atoms in total. The van der Waals surface area contributed by atoms with Gasteiger partial charge in [0, 0.05) is 60.6 Å². The van der Waals surface area contributed by atoms with Crippen molar-refractivity contribution >= 4 is 12.3 Å². The van der Waals surface area contributed by atoms with Gasteiger partial charge in [-0.3, -0.25) is 4.79 Å². The number of epoxide rings is 1. The summed E-state index contributed by atoms with van der Waals surface area (Å²) in [6.45, 7) is 29.7. The van der Waals surface area contributed by atoms with Gasteiger partial charge in [-0.05, 0) is 70.6 Å². The fourth-order valence-electron chi connectivity index (χ4n) is 4.84. The van der Waals surface area contributed by atoms with Crippen molar-refractivity contribution in [2.45, 2.75) is 232 Å². The van der Waals surface area contributed by atoms with Gasteiger partial charge < -0.3 is 78.8 Å². The molecule has 0 aromatic heterocycles. The molecular weight excluding hydrogens is 969 g/mol. The molecule has 1 fully saturated rings. The molecule has 0 aromatic carbocycles. The minimum atomic E-state index is -0.831. The highest BCUT2D eigenvalue weighted by Crippen LogP contribution is 2.15. The Bertz CT molecular complexity index is 980. The van der Waals surface area contributed by atoms with Crippen molar-refractivity contribution in [3.8, 4) is 0 Å². The van der Waals surface area contributed by atoms with Crippen LogP contribution in [0, 0.1) is 0 Å². The summed E-state index contributed by atoms with van der Waals surface area (Å²) in [5, 5.41) is 67.2. The molecule has 1 aliphatic heterocycles. The molecule has 1 aliphatic rings. The van der Waals surface area contributed by atoms with E-state index in [2.05, 4.69) is 72.6 Å². The number of ether oxygens (including phenoxy) is 7. The van der Waals surface area contributed by atoms with Crippen molar-refractivity contribution in [1.82, 2.24) is 0 Å². The lowest BCUT2D eigenvalue weighted by molar-refractivity contribution is -0.138. The average Bonchev–Trinajstić information content (AvgIpc) is 4.27. The number of aliphatic hydroxyl groups excluding tert-OH is 7. The number of aliphatic hydroxyl groups is 7. The Hall–Kier alpha value is -2.46. The number of hydrogen-bond acceptors (Lipinski definition) is 16. The molecule has 6 atom stereocenters. The van der Waals surface area contributed by atoms with Crippen LogP contribution in [-0.2, 0) is 42.7 Å². The first-order valence-electron chi connectivity index (χ1n) is 27.7. The monoisotopic (exact) mass is 1090 g/mol. The summed E-state index contributed by atoms with van der Waals surface area (Å²) in [4.78, 5) is 19.7. The van der Waals surface area contributed by atoms with E-state index in [9.17, 15) is 9.59 Å². The van der Waals surface area contributed by atoms with Crippen LogP contribution < -0.4 is 0 Å². The molecule has 1 heterocycles. The minimum Gasteiger partial charge on any atom is -0.481 e. The van der Waals surface area contributed by atoms with E-state index in [0.717, 1.165) is 116 Å². The van der Waals surface area contributed by atoms with Crippen molar-refractivity contribution in [2.75, 3.05) is 81.3 Å². The second kappa shape index (κ2) is 88.2. The van der Waals surface area contributed by atoms with E-state index in [0.29, 0.717) is 25.9 Å². The molecular formula is C58H120O17. The van der Waals surface area contributed by atoms with Gasteiger partial charge in [-0.1, -0.05) is 136 Å². The average molecular weight is 1090 g/mol. The summed E-state index contributed by atoms with van der Waals surface area (Å²) in [7, 11) is 4.71. The molecule has 17 heteroatoms. The first-order chi connectivity index (χ1) is 36.2. The lowest BCUT2D eigenvalue weighted by atomic mass is 10.2. The van der Waals surface area contributed by atoms with Gasteiger partial charge in [0.15, 0.2) is 0 Å². The number of carbonyl (C=O) groups excluding carboxylic acids is 1. The Balaban J connectivity index is -0.000000113. The molecule has 1 saturated heterocycles. The molecule has 0 spiro atoms. The fraction of sp³-hybridized carbons (Fsp3) is 0.828. The Kier molecular flexibility index (Phi) is 105. The zero-order valence-corrected chi connectivity index (χ0v) is 49.3. The molecule has 0 aromatic rings. The Morgan fingerprint density at radius 3 is 1.20 bits per heavy atom. The van der Waals surface area contributed by atoms with Crippen LogP contribution in [0.4, 0.5) is 0 Å². The van der Waals surface area contributed by atoms with Crippen molar-refractivity contribution < 1.29 is 83.6 Å². The third kappa shape index (κ3) is 108. The molecule has 75 heavy (non-hydrogen) atoms. The topological polar surface area (TPSA) is 264 Å². The number of methoxy groups -OCH3 is 3. The predicted octanol–water partition coefficient (Wildman–Crippen LogP) is 10.4. The van der Waals surface area contributed by atoms with Gasteiger partial charge in [0.2, 0.25) is 0 Å². The van der Waals surface area contributed by atoms with Crippen LogP contribution in [0.2, 0.25) is 0 Å². The smallest absolute Gasteiger partial charge is 0.303 e. The van der Waals surface area contributed by atoms with Crippen LogP contribution in [-0.4, -0.2) is 171 Å². The second-order valence-corrected chi connectivity index (χ2v) is 16.9. The second-order valence-electron chi connectivity index (χ2n) is 16.9. The van der Waals surface area contributed by atoms with E-state index in [4.69, 9.17) is 69.3 Å². The highest BCUT2D eigenvalue weighted by atomic mass is 16.7. The van der Waals surface area contributed by atoms with Crippen LogP contribution in [0.3, 0.4) is 0 Å². The predicted molar refractivity (Wildman–Crippen MR) is 307 cm³/mol. The standard InChI is InChI=1S/C9H18O2.C8H14O4.C8H16O3.C7H14O.C6H14O2.C6H12O.C5H12O.C5H10O.C4H10O2/c1-4-6-7-9(5-2)11-8-10-3;1-3-7(12-6-11-2)4-5-8(9)10;1-3-8(5-4-6-9)11-7-10-2;1-3-5-6-7(8)4-2;1-2-3-4-6(8)5-7;1-2-3-4-6-5-7-6;2*1-2-3-4-5-6;5-3-1-2-4-6/h5,9H,2,4,6-8H2,1,3H3;3,7H,1,4-6H2,2H3,(H,9,10);3,8-9H,1,4-7H2,2H3;4,7-8H,2-3,5-6H2,1H3;6-8H,2-5H2,1H3;6H,2-5H2,1H3;6H,2-5H2,1H3;5H,2-4H2,1H3;5-6H,1-4H2/t9-;7-;8-;7-;2*6-;;;/m000011.../s1. The first-order valence-corrected chi connectivity index (χ1v) is 27.7. The molecule has 0 bridgehead atoms. The molecule has 454 valence electrons. The highest BCUT2D eigenvalue weighted by Gasteiger charge is 2.20. The van der Waals surface area contributed by atoms with E-state index >= 15 is 0 Å². The van der Waals surface area contributed by atoms with E-state index in [1.165, 1.54) is 45.6 Å². The molecule has 0 amide bonds. The van der Waals surface area contributed by atoms with Gasteiger partial charge in [0.1, 0.15) is 26.7 Å². The van der Waals surface area contributed by atoms with E-state index in [-0.39, 0.29) is 70.9 Å². The Morgan fingerprint density at radius 1 is 0.533 bits per heavy atom. The summed E-state index contributed by atoms with van der Waals surface area (Å²) in [6.07, 6.45) is 30.4. The number of rotatable bonds is 41. The van der Waals surface area contributed by atoms with Crippen LogP contribution in [0.15, 0.2) is 50.6 Å². The highest BCUT2D eigenvalue weighted by molar-refractivity contribution is 5.66. The first kappa shape index (κ1) is 89.1. The van der Waals surface area contributed by atoms with E-state index in [1.807, 2.05) is 6.08 Å². The third-order valence-electron chi connectivity index (χ3n) is 9.63. The fourth-order valence-corrected chi connectivity index (χ4v) is 4.84. The Morgan fingerprint density at radius 2 is 0.907 bits per heavy atom. The number of carbonyl (C=O) groups is 2. The maximum atomic E-state index is 10.2. The largest absolute Gasteiger partial charge is 0.481 e. The zero-order chi connectivity index (χ0) is 58.9. The van der Waals surface area contributed by atoms with Crippen LogP contribution in [0.1, 0.15) is 196 Å². The number of hydrogen-bond donors (Lipinski definition) is 8. The van der Waals surface area contributed by atoms with Gasteiger partial charge >= 0.3 is 5.97 Å². The number of aliphatic carboxylic acids is 1. The van der Waals surface area contributed by atoms with Crippen molar-refractivity contribution in [3.63, 3.8) is 0 Å². The zero-order valence-electron chi connectivity index (χ0n) is 49.3. The molecule has 0 aliphatic carbocycles. The summed E-state index contributed by atoms with van der Waals surface area (Å²) in [6, 6.07) is 0. The summed E-state index contributed by atoms with van der Waals surface area (Å²) >= 11 is 0. The summed E-state index contributed by atoms with van der Waals surface area (Å²) in [5.41, 5.74) is 0. The maximum absolute atomic E-state index is 10.2. The van der Waals surface area contributed by atoms with Gasteiger partial charge in [-0.15, -0.1) is 26.3 Å². The van der Waals surface area contributed by atoms with Gasteiger partial charge in [-0.2, -0.15) is 0 Å². The van der Waals surface area contributed by atoms with Crippen molar-refractivity contribution in [2.24, 2.45) is 0 Å². The summed E-state index contributed by atoms with van der Waals surface area (Å²) in [5.74, 6) is -0.831. The molecule has 1 rings (SSSR count). The number of carboxylic acid groups (broad SMARTS) is 1. The molecule has 8 N–H and O–H groups in total. The lowest BCUT2D eigenvalue weighted by Gasteiger charge is -2.11. The van der Waals surface area contributed by atoms with Gasteiger partial charge in [0.05, 0.1) is 49.8 Å². The number of aldehydes is 1. The van der Waals surface area contributed by atoms with E-state index in [1.54, 1.807) is 32.4 Å². The number of unbranched alkanes of at least 4 members (excludes halogenated alkanes) is 9.